The molecule has 2 aliphatic heterocycles. The molecule has 150 valence electrons. The Hall–Kier alpha value is -2.32. The lowest BCUT2D eigenvalue weighted by Crippen LogP contribution is -2.49. The molecule has 1 aromatic carbocycles. The zero-order chi connectivity index (χ0) is 19.5. The van der Waals surface area contributed by atoms with Gasteiger partial charge >= 0.3 is 0 Å². The van der Waals surface area contributed by atoms with Gasteiger partial charge in [-0.15, -0.1) is 0 Å². The molecule has 1 N–H and O–H groups in total. The molecule has 0 radical (unpaired) electrons. The number of benzene rings is 1. The quantitative estimate of drug-likeness (QED) is 0.841. The van der Waals surface area contributed by atoms with Crippen molar-refractivity contribution in [3.05, 3.63) is 35.5 Å². The molecule has 0 aliphatic carbocycles. The van der Waals surface area contributed by atoms with Crippen LogP contribution < -0.4 is 5.32 Å². The van der Waals surface area contributed by atoms with E-state index >= 15 is 0 Å². The Morgan fingerprint density at radius 2 is 2.14 bits per heavy atom. The van der Waals surface area contributed by atoms with Crippen LogP contribution in [0.4, 0.5) is 4.39 Å². The Bertz CT molecular complexity index is 834. The van der Waals surface area contributed by atoms with Gasteiger partial charge in [0, 0.05) is 63.7 Å². The van der Waals surface area contributed by atoms with Crippen LogP contribution in [0.15, 0.2) is 22.7 Å². The molecule has 2 aromatic rings. The number of carbonyl (C=O) groups is 1. The number of amides is 1. The van der Waals surface area contributed by atoms with Gasteiger partial charge in [0.2, 0.25) is 17.6 Å². The van der Waals surface area contributed by atoms with Crippen molar-refractivity contribution in [1.82, 2.24) is 25.3 Å². The molecule has 0 saturated carbocycles. The molecule has 2 aliphatic rings. The zero-order valence-corrected chi connectivity index (χ0v) is 16.2. The Morgan fingerprint density at radius 3 is 2.93 bits per heavy atom. The molecule has 1 aromatic heterocycles. The normalized spacial score (nSPS) is 20.6. The third-order valence-electron chi connectivity index (χ3n) is 5.63. The molecule has 7 nitrogen and oxygen atoms in total. The zero-order valence-electron chi connectivity index (χ0n) is 16.2. The summed E-state index contributed by atoms with van der Waals surface area (Å²) in [6.07, 6.45) is 1.78. The summed E-state index contributed by atoms with van der Waals surface area (Å²) in [4.78, 5) is 21.3. The van der Waals surface area contributed by atoms with Gasteiger partial charge in [-0.25, -0.2) is 4.39 Å². The number of nitrogens with zero attached hydrogens (tertiary/aromatic N) is 4. The fourth-order valence-electron chi connectivity index (χ4n) is 3.89. The van der Waals surface area contributed by atoms with Gasteiger partial charge in [0.1, 0.15) is 5.82 Å². The highest BCUT2D eigenvalue weighted by Gasteiger charge is 2.30. The van der Waals surface area contributed by atoms with Gasteiger partial charge in [-0.1, -0.05) is 17.3 Å². The molecule has 2 fully saturated rings. The highest BCUT2D eigenvalue weighted by molar-refractivity contribution is 5.76. The fourth-order valence-corrected chi connectivity index (χ4v) is 3.89. The number of rotatable bonds is 5. The summed E-state index contributed by atoms with van der Waals surface area (Å²) >= 11 is 0. The monoisotopic (exact) mass is 387 g/mol. The lowest BCUT2D eigenvalue weighted by molar-refractivity contribution is -0.130. The molecule has 1 amide bonds. The average molecular weight is 387 g/mol. The molecule has 2 saturated heterocycles. The van der Waals surface area contributed by atoms with Crippen LogP contribution >= 0.6 is 0 Å². The molecule has 0 spiro atoms. The van der Waals surface area contributed by atoms with E-state index in [2.05, 4.69) is 20.4 Å². The molecule has 3 heterocycles. The predicted molar refractivity (Wildman–Crippen MR) is 102 cm³/mol. The van der Waals surface area contributed by atoms with Gasteiger partial charge in [0.25, 0.3) is 0 Å². The second-order valence-electron chi connectivity index (χ2n) is 7.54. The van der Waals surface area contributed by atoms with Crippen LogP contribution in [0, 0.1) is 12.7 Å². The van der Waals surface area contributed by atoms with E-state index in [9.17, 15) is 9.18 Å². The third kappa shape index (κ3) is 4.23. The topological polar surface area (TPSA) is 74.5 Å². The van der Waals surface area contributed by atoms with Crippen LogP contribution in [0.3, 0.4) is 0 Å². The fraction of sp³-hybridized carbons (Fsp3) is 0.550. The van der Waals surface area contributed by atoms with E-state index in [1.54, 1.807) is 19.1 Å². The second kappa shape index (κ2) is 8.36. The smallest absolute Gasteiger partial charge is 0.227 e. The van der Waals surface area contributed by atoms with Crippen LogP contribution in [0.25, 0.3) is 11.4 Å². The number of hydrogen-bond donors (Lipinski definition) is 1. The van der Waals surface area contributed by atoms with Crippen molar-refractivity contribution < 1.29 is 13.7 Å². The average Bonchev–Trinajstić information content (AvgIpc) is 3.39. The molecular weight excluding hydrogens is 361 g/mol. The number of hydrogen-bond acceptors (Lipinski definition) is 6. The van der Waals surface area contributed by atoms with Gasteiger partial charge in [-0.3, -0.25) is 9.69 Å². The molecule has 1 atom stereocenters. The van der Waals surface area contributed by atoms with E-state index in [1.807, 2.05) is 4.90 Å². The number of piperazine rings is 1. The lowest BCUT2D eigenvalue weighted by Gasteiger charge is -2.32. The maximum atomic E-state index is 13.7. The number of halogens is 1. The minimum absolute atomic E-state index is 0.124. The summed E-state index contributed by atoms with van der Waals surface area (Å²) < 4.78 is 19.0. The van der Waals surface area contributed by atoms with Gasteiger partial charge in [0.15, 0.2) is 0 Å². The van der Waals surface area contributed by atoms with Crippen LogP contribution in [-0.4, -0.2) is 71.2 Å². The first-order valence-electron chi connectivity index (χ1n) is 9.92. The van der Waals surface area contributed by atoms with E-state index < -0.39 is 0 Å². The van der Waals surface area contributed by atoms with Crippen molar-refractivity contribution in [2.45, 2.75) is 32.2 Å². The Kier molecular flexibility index (Phi) is 5.68. The number of carbonyl (C=O) groups excluding carboxylic acids is 1. The molecule has 28 heavy (non-hydrogen) atoms. The highest BCUT2D eigenvalue weighted by Crippen LogP contribution is 2.20. The Balaban J connectivity index is 1.29. The van der Waals surface area contributed by atoms with Crippen molar-refractivity contribution in [2.75, 3.05) is 39.3 Å². The summed E-state index contributed by atoms with van der Waals surface area (Å²) in [6, 6.07) is 5.32. The standard InChI is InChI=1S/C20H26FN5O2/c1-14-2-3-15(12-17(14)21)20-23-18(28-24-20)4-5-19(27)26-9-6-16(13-26)25-10-7-22-8-11-25/h2-3,12,16,22H,4-11,13H2,1H3. The van der Waals surface area contributed by atoms with Gasteiger partial charge in [0.05, 0.1) is 0 Å². The maximum Gasteiger partial charge on any atom is 0.227 e. The molecule has 8 heteroatoms. The second-order valence-corrected chi connectivity index (χ2v) is 7.54. The van der Waals surface area contributed by atoms with E-state index in [-0.39, 0.29) is 11.7 Å². The van der Waals surface area contributed by atoms with Crippen LogP contribution in [-0.2, 0) is 11.2 Å². The number of aromatic nitrogens is 2. The number of nitrogens with one attached hydrogen (secondary N) is 1. The van der Waals surface area contributed by atoms with E-state index in [0.717, 1.165) is 45.7 Å². The van der Waals surface area contributed by atoms with Crippen molar-refractivity contribution in [3.8, 4) is 11.4 Å². The van der Waals surface area contributed by atoms with Gasteiger partial charge < -0.3 is 14.7 Å². The maximum absolute atomic E-state index is 13.7. The predicted octanol–water partition coefficient (Wildman–Crippen LogP) is 1.62. The minimum Gasteiger partial charge on any atom is -0.341 e. The summed E-state index contributed by atoms with van der Waals surface area (Å²) in [5, 5.41) is 7.28. The van der Waals surface area contributed by atoms with E-state index in [0.29, 0.717) is 41.7 Å². The van der Waals surface area contributed by atoms with Gasteiger partial charge in [-0.05, 0) is 25.0 Å². The van der Waals surface area contributed by atoms with E-state index in [4.69, 9.17) is 4.52 Å². The molecule has 0 bridgehead atoms. The van der Waals surface area contributed by atoms with Crippen LogP contribution in [0.2, 0.25) is 0 Å². The minimum atomic E-state index is -0.299. The third-order valence-corrected chi connectivity index (χ3v) is 5.63. The summed E-state index contributed by atoms with van der Waals surface area (Å²) in [5.74, 6) is 0.578. The Labute approximate surface area is 163 Å². The largest absolute Gasteiger partial charge is 0.341 e. The SMILES string of the molecule is Cc1ccc(-c2noc(CCC(=O)N3CCC(N4CCNCC4)C3)n2)cc1F. The molecular formula is C20H26FN5O2. The van der Waals surface area contributed by atoms with Crippen molar-refractivity contribution in [2.24, 2.45) is 0 Å². The number of aryl methyl sites for hydroxylation is 2. The first kappa shape index (κ1) is 19.0. The lowest BCUT2D eigenvalue weighted by atomic mass is 10.1. The summed E-state index contributed by atoms with van der Waals surface area (Å²) in [5.41, 5.74) is 1.14. The van der Waals surface area contributed by atoms with Crippen LogP contribution in [0.5, 0.6) is 0 Å². The Morgan fingerprint density at radius 1 is 1.32 bits per heavy atom. The first-order chi connectivity index (χ1) is 13.6. The summed E-state index contributed by atoms with van der Waals surface area (Å²) in [7, 11) is 0. The summed E-state index contributed by atoms with van der Waals surface area (Å²) in [6.45, 7) is 7.47. The van der Waals surface area contributed by atoms with Crippen molar-refractivity contribution >= 4 is 5.91 Å². The van der Waals surface area contributed by atoms with E-state index in [1.165, 1.54) is 6.07 Å². The van der Waals surface area contributed by atoms with Crippen molar-refractivity contribution in [1.29, 1.82) is 0 Å². The number of likely N-dealkylation sites (tertiary alicyclic amines) is 1. The van der Waals surface area contributed by atoms with Gasteiger partial charge in [-0.2, -0.15) is 4.98 Å². The highest BCUT2D eigenvalue weighted by atomic mass is 19.1. The molecule has 1 unspecified atom stereocenters. The van der Waals surface area contributed by atoms with Crippen molar-refractivity contribution in [3.63, 3.8) is 0 Å². The van der Waals surface area contributed by atoms with Crippen LogP contribution in [0.1, 0.15) is 24.3 Å². The first-order valence-corrected chi connectivity index (χ1v) is 9.92. The molecule has 4 rings (SSSR count).